The van der Waals surface area contributed by atoms with E-state index in [1.165, 1.54) is 4.90 Å². The maximum Gasteiger partial charge on any atom is 0.277 e. The number of amides is 2. The third kappa shape index (κ3) is 5.04. The number of piperidine rings is 1. The Morgan fingerprint density at radius 2 is 1.73 bits per heavy atom. The number of nitrogens with zero attached hydrogens (tertiary/aromatic N) is 2. The molecule has 2 heterocycles. The minimum atomic E-state index is -0.206. The van der Waals surface area contributed by atoms with Crippen molar-refractivity contribution in [1.29, 1.82) is 0 Å². The molecular formula is C24H34N2O4. The molecule has 0 unspecified atom stereocenters. The zero-order valence-electron chi connectivity index (χ0n) is 18.6. The van der Waals surface area contributed by atoms with Gasteiger partial charge in [-0.2, -0.15) is 0 Å². The first kappa shape index (κ1) is 22.3. The Labute approximate surface area is 179 Å². The highest BCUT2D eigenvalue weighted by Gasteiger charge is 2.41. The van der Waals surface area contributed by atoms with Gasteiger partial charge in [-0.15, -0.1) is 0 Å². The molecule has 0 spiro atoms. The molecule has 1 aromatic rings. The lowest BCUT2D eigenvalue weighted by atomic mass is 9.97. The van der Waals surface area contributed by atoms with E-state index in [1.807, 2.05) is 45.0 Å². The Bertz CT molecular complexity index is 777. The summed E-state index contributed by atoms with van der Waals surface area (Å²) in [5.74, 6) is 1.02. The van der Waals surface area contributed by atoms with Gasteiger partial charge in [-0.3, -0.25) is 14.5 Å². The van der Waals surface area contributed by atoms with E-state index in [4.69, 9.17) is 9.47 Å². The molecule has 0 bridgehead atoms. The van der Waals surface area contributed by atoms with Gasteiger partial charge in [-0.25, -0.2) is 0 Å². The quantitative estimate of drug-likeness (QED) is 0.455. The summed E-state index contributed by atoms with van der Waals surface area (Å²) in [6.07, 6.45) is 2.79. The molecule has 6 nitrogen and oxygen atoms in total. The maximum absolute atomic E-state index is 13.3. The van der Waals surface area contributed by atoms with Crippen molar-refractivity contribution in [3.63, 3.8) is 0 Å². The SMILES string of the molecule is CCOCCCN1C(=O)C(c2ccc(OC(C)C)cc2)=C(N2CCC(C)CC2)C1=O. The first-order valence-electron chi connectivity index (χ1n) is 11.1. The van der Waals surface area contributed by atoms with Gasteiger partial charge in [0.1, 0.15) is 11.4 Å². The lowest BCUT2D eigenvalue weighted by molar-refractivity contribution is -0.137. The van der Waals surface area contributed by atoms with E-state index in [0.717, 1.165) is 37.2 Å². The number of imide groups is 1. The van der Waals surface area contributed by atoms with Gasteiger partial charge >= 0.3 is 0 Å². The topological polar surface area (TPSA) is 59.1 Å². The standard InChI is InChI=1S/C24H34N2O4/c1-5-29-16-6-13-26-23(27)21(19-7-9-20(10-8-19)30-17(2)3)22(24(26)28)25-14-11-18(4)12-15-25/h7-10,17-18H,5-6,11-16H2,1-4H3. The van der Waals surface area contributed by atoms with Crippen molar-refractivity contribution in [2.75, 3.05) is 32.8 Å². The van der Waals surface area contributed by atoms with Crippen LogP contribution in [0.5, 0.6) is 5.75 Å². The Balaban J connectivity index is 1.88. The molecule has 0 N–H and O–H groups in total. The first-order valence-corrected chi connectivity index (χ1v) is 11.1. The van der Waals surface area contributed by atoms with Crippen LogP contribution in [0.3, 0.4) is 0 Å². The molecule has 0 aromatic heterocycles. The van der Waals surface area contributed by atoms with Crippen LogP contribution >= 0.6 is 0 Å². The fourth-order valence-corrected chi connectivity index (χ4v) is 3.99. The van der Waals surface area contributed by atoms with E-state index < -0.39 is 0 Å². The summed E-state index contributed by atoms with van der Waals surface area (Å²) in [7, 11) is 0. The average molecular weight is 415 g/mol. The minimum absolute atomic E-state index is 0.0801. The van der Waals surface area contributed by atoms with Crippen LogP contribution in [0.4, 0.5) is 0 Å². The molecule has 2 amide bonds. The molecule has 0 saturated carbocycles. The van der Waals surface area contributed by atoms with Crippen LogP contribution in [-0.2, 0) is 14.3 Å². The van der Waals surface area contributed by atoms with E-state index >= 15 is 0 Å². The Morgan fingerprint density at radius 1 is 1.07 bits per heavy atom. The van der Waals surface area contributed by atoms with Crippen molar-refractivity contribution in [3.8, 4) is 5.75 Å². The summed E-state index contributed by atoms with van der Waals surface area (Å²) in [5, 5.41) is 0. The molecule has 3 rings (SSSR count). The van der Waals surface area contributed by atoms with Gasteiger partial charge in [0, 0.05) is 32.8 Å². The lowest BCUT2D eigenvalue weighted by Crippen LogP contribution is -2.39. The molecule has 0 radical (unpaired) electrons. The number of likely N-dealkylation sites (tertiary alicyclic amines) is 1. The highest BCUT2D eigenvalue weighted by molar-refractivity contribution is 6.35. The van der Waals surface area contributed by atoms with E-state index in [1.54, 1.807) is 0 Å². The largest absolute Gasteiger partial charge is 0.491 e. The minimum Gasteiger partial charge on any atom is -0.491 e. The van der Waals surface area contributed by atoms with Crippen LogP contribution in [0, 0.1) is 5.92 Å². The number of carbonyl (C=O) groups is 2. The Kier molecular flexibility index (Phi) is 7.53. The van der Waals surface area contributed by atoms with Crippen LogP contribution in [0.25, 0.3) is 5.57 Å². The van der Waals surface area contributed by atoms with Gasteiger partial charge in [0.25, 0.3) is 11.8 Å². The normalized spacial score (nSPS) is 18.2. The van der Waals surface area contributed by atoms with Crippen LogP contribution in [0.1, 0.15) is 52.5 Å². The monoisotopic (exact) mass is 414 g/mol. The molecule has 1 fully saturated rings. The summed E-state index contributed by atoms with van der Waals surface area (Å²) in [5.41, 5.74) is 1.84. The highest BCUT2D eigenvalue weighted by atomic mass is 16.5. The van der Waals surface area contributed by atoms with E-state index in [0.29, 0.717) is 43.4 Å². The van der Waals surface area contributed by atoms with Gasteiger partial charge in [0.05, 0.1) is 11.7 Å². The fourth-order valence-electron chi connectivity index (χ4n) is 3.99. The number of hydrogen-bond acceptors (Lipinski definition) is 5. The lowest BCUT2D eigenvalue weighted by Gasteiger charge is -2.32. The summed E-state index contributed by atoms with van der Waals surface area (Å²) in [4.78, 5) is 30.1. The number of ether oxygens (including phenoxy) is 2. The smallest absolute Gasteiger partial charge is 0.277 e. The number of benzene rings is 1. The second-order valence-electron chi connectivity index (χ2n) is 8.40. The van der Waals surface area contributed by atoms with E-state index in [-0.39, 0.29) is 17.9 Å². The zero-order chi connectivity index (χ0) is 21.7. The van der Waals surface area contributed by atoms with Crippen molar-refractivity contribution < 1.29 is 19.1 Å². The number of rotatable bonds is 9. The molecule has 0 aliphatic carbocycles. The molecule has 164 valence electrons. The maximum atomic E-state index is 13.3. The summed E-state index contributed by atoms with van der Waals surface area (Å²) >= 11 is 0. The summed E-state index contributed by atoms with van der Waals surface area (Å²) in [6.45, 7) is 11.3. The van der Waals surface area contributed by atoms with Crippen molar-refractivity contribution in [2.45, 2.75) is 53.1 Å². The molecule has 2 aliphatic heterocycles. The van der Waals surface area contributed by atoms with Crippen LogP contribution in [0.2, 0.25) is 0 Å². The van der Waals surface area contributed by atoms with Gasteiger partial charge < -0.3 is 14.4 Å². The molecular weight excluding hydrogens is 380 g/mol. The molecule has 1 saturated heterocycles. The second-order valence-corrected chi connectivity index (χ2v) is 8.40. The fraction of sp³-hybridized carbons (Fsp3) is 0.583. The predicted molar refractivity (Wildman–Crippen MR) is 117 cm³/mol. The molecule has 0 atom stereocenters. The Morgan fingerprint density at radius 3 is 2.33 bits per heavy atom. The van der Waals surface area contributed by atoms with E-state index in [2.05, 4.69) is 11.8 Å². The van der Waals surface area contributed by atoms with Crippen molar-refractivity contribution in [3.05, 3.63) is 35.5 Å². The molecule has 6 heteroatoms. The van der Waals surface area contributed by atoms with Crippen molar-refractivity contribution >= 4 is 17.4 Å². The molecule has 30 heavy (non-hydrogen) atoms. The van der Waals surface area contributed by atoms with Gasteiger partial charge in [-0.05, 0) is 63.6 Å². The first-order chi connectivity index (χ1) is 14.4. The zero-order valence-corrected chi connectivity index (χ0v) is 18.6. The average Bonchev–Trinajstić information content (AvgIpc) is 2.96. The number of carbonyl (C=O) groups excluding carboxylic acids is 2. The summed E-state index contributed by atoms with van der Waals surface area (Å²) in [6, 6.07) is 7.50. The van der Waals surface area contributed by atoms with Crippen LogP contribution < -0.4 is 4.74 Å². The van der Waals surface area contributed by atoms with Crippen molar-refractivity contribution in [2.24, 2.45) is 5.92 Å². The second kappa shape index (κ2) is 10.1. The van der Waals surface area contributed by atoms with Gasteiger partial charge in [0.15, 0.2) is 0 Å². The van der Waals surface area contributed by atoms with Gasteiger partial charge in [-0.1, -0.05) is 19.1 Å². The number of hydrogen-bond donors (Lipinski definition) is 0. The molecule has 1 aromatic carbocycles. The third-order valence-corrected chi connectivity index (χ3v) is 5.63. The van der Waals surface area contributed by atoms with Crippen LogP contribution in [-0.4, -0.2) is 60.6 Å². The van der Waals surface area contributed by atoms with E-state index in [9.17, 15) is 9.59 Å². The highest BCUT2D eigenvalue weighted by Crippen LogP contribution is 2.34. The van der Waals surface area contributed by atoms with Gasteiger partial charge in [0.2, 0.25) is 0 Å². The third-order valence-electron chi connectivity index (χ3n) is 5.63. The Hall–Kier alpha value is -2.34. The predicted octanol–water partition coefficient (Wildman–Crippen LogP) is 3.71. The van der Waals surface area contributed by atoms with Crippen molar-refractivity contribution in [1.82, 2.24) is 9.80 Å². The van der Waals surface area contributed by atoms with Crippen LogP contribution in [0.15, 0.2) is 30.0 Å². The molecule has 2 aliphatic rings. The summed E-state index contributed by atoms with van der Waals surface area (Å²) < 4.78 is 11.1.